The molecule has 2 fully saturated rings. The number of rotatable bonds is 16. The Morgan fingerprint density at radius 1 is 1.03 bits per heavy atom. The zero-order chi connectivity index (χ0) is 26.1. The van der Waals surface area contributed by atoms with E-state index in [0.717, 1.165) is 51.6 Å². The number of morpholine rings is 1. The number of nitrogens with one attached hydrogen (secondary N) is 2. The first-order valence-corrected chi connectivity index (χ1v) is 14.8. The maximum absolute atomic E-state index is 13.0. The van der Waals surface area contributed by atoms with Crippen LogP contribution in [-0.2, 0) is 19.6 Å². The number of hydroxylamine groups is 1. The molecule has 1 aliphatic heterocycles. The molecule has 0 spiro atoms. The highest BCUT2D eigenvalue weighted by molar-refractivity contribution is 7.88. The molecule has 1 aromatic carbocycles. The molecule has 1 saturated carbocycles. The zero-order valence-electron chi connectivity index (χ0n) is 21.2. The van der Waals surface area contributed by atoms with E-state index in [1.54, 1.807) is 24.5 Å². The summed E-state index contributed by atoms with van der Waals surface area (Å²) in [7, 11) is -3.49. The average Bonchev–Trinajstić information content (AvgIpc) is 2.88. The lowest BCUT2D eigenvalue weighted by atomic mass is 9.94. The quantitative estimate of drug-likeness (QED) is 0.187. The second kappa shape index (κ2) is 13.4. The van der Waals surface area contributed by atoms with E-state index in [9.17, 15) is 18.0 Å². The third-order valence-corrected chi connectivity index (χ3v) is 8.62. The van der Waals surface area contributed by atoms with Crippen molar-refractivity contribution in [2.75, 3.05) is 62.4 Å². The van der Waals surface area contributed by atoms with Gasteiger partial charge in [-0.1, -0.05) is 23.7 Å². The van der Waals surface area contributed by atoms with Crippen molar-refractivity contribution in [2.45, 2.75) is 51.0 Å². The van der Waals surface area contributed by atoms with Crippen LogP contribution in [0.5, 0.6) is 0 Å². The lowest BCUT2D eigenvalue weighted by Gasteiger charge is -2.36. The van der Waals surface area contributed by atoms with Gasteiger partial charge in [-0.3, -0.25) is 24.3 Å². The van der Waals surface area contributed by atoms with Gasteiger partial charge in [0.05, 0.1) is 31.6 Å². The Morgan fingerprint density at radius 3 is 2.43 bits per heavy atom. The van der Waals surface area contributed by atoms with Gasteiger partial charge >= 0.3 is 0 Å². The van der Waals surface area contributed by atoms with E-state index in [-0.39, 0.29) is 17.5 Å². The highest BCUT2D eigenvalue weighted by Gasteiger charge is 2.35. The summed E-state index contributed by atoms with van der Waals surface area (Å²) in [6.45, 7) is 4.68. The Balaban J connectivity index is 1.14. The van der Waals surface area contributed by atoms with E-state index < -0.39 is 20.9 Å². The molecule has 12 heteroatoms. The van der Waals surface area contributed by atoms with Crippen LogP contribution in [0.4, 0.5) is 17.1 Å². The molecule has 0 amide bonds. The predicted molar refractivity (Wildman–Crippen MR) is 142 cm³/mol. The van der Waals surface area contributed by atoms with Gasteiger partial charge in [0.2, 0.25) is 10.0 Å². The van der Waals surface area contributed by atoms with Crippen LogP contribution < -0.4 is 21.5 Å². The molecule has 2 aromatic rings. The van der Waals surface area contributed by atoms with Crippen molar-refractivity contribution in [1.29, 1.82) is 0 Å². The highest BCUT2D eigenvalue weighted by Crippen LogP contribution is 2.28. The summed E-state index contributed by atoms with van der Waals surface area (Å²) in [5, 5.41) is 6.01. The average molecular weight is 536 g/mol. The lowest BCUT2D eigenvalue weighted by Crippen LogP contribution is -2.46. The Hall–Kier alpha value is -2.38. The first kappa shape index (κ1) is 27.6. The predicted octanol–water partition coefficient (Wildman–Crippen LogP) is 1.84. The Morgan fingerprint density at radius 2 is 1.73 bits per heavy atom. The van der Waals surface area contributed by atoms with Gasteiger partial charge in [0, 0.05) is 44.3 Å². The topological polar surface area (TPSA) is 130 Å². The standard InChI is InChI=1S/C25H37N5O6S/c31-24-22(23(25(24)32)28-20-8-11-26-12-9-20)27-10-3-1-2-4-19-37(33,34)30(21-6-5-7-21)36-18-15-29-13-16-35-17-14-29/h8-9,11-12,21,27H,1-7,10,13-19H2,(H,26,28). The van der Waals surface area contributed by atoms with Gasteiger partial charge in [-0.2, -0.15) is 0 Å². The molecule has 204 valence electrons. The van der Waals surface area contributed by atoms with Crippen molar-refractivity contribution in [3.63, 3.8) is 0 Å². The molecule has 0 unspecified atom stereocenters. The summed E-state index contributed by atoms with van der Waals surface area (Å²) in [5.41, 5.74) is 0.203. The molecule has 37 heavy (non-hydrogen) atoms. The van der Waals surface area contributed by atoms with Crippen molar-refractivity contribution < 1.29 is 18.0 Å². The smallest absolute Gasteiger partial charge is 0.253 e. The number of anilines is 3. The van der Waals surface area contributed by atoms with Crippen LogP contribution in [0.3, 0.4) is 0 Å². The second-order valence-corrected chi connectivity index (χ2v) is 11.5. The first-order valence-electron chi connectivity index (χ1n) is 13.1. The van der Waals surface area contributed by atoms with E-state index >= 15 is 0 Å². The van der Waals surface area contributed by atoms with Gasteiger partial charge in [0.15, 0.2) is 0 Å². The number of pyridine rings is 1. The van der Waals surface area contributed by atoms with Crippen molar-refractivity contribution in [3.05, 3.63) is 45.0 Å². The third kappa shape index (κ3) is 7.57. The Bertz CT molecular complexity index is 1160. The molecule has 4 rings (SSSR count). The highest BCUT2D eigenvalue weighted by atomic mass is 32.2. The van der Waals surface area contributed by atoms with Gasteiger partial charge in [0.25, 0.3) is 10.9 Å². The van der Waals surface area contributed by atoms with E-state index in [2.05, 4.69) is 20.5 Å². The zero-order valence-corrected chi connectivity index (χ0v) is 22.0. The molecule has 0 bridgehead atoms. The molecule has 1 aliphatic carbocycles. The normalized spacial score (nSPS) is 17.2. The molecule has 2 aliphatic rings. The summed E-state index contributed by atoms with van der Waals surface area (Å²) in [4.78, 5) is 35.8. The number of sulfonamides is 1. The molecule has 2 heterocycles. The maximum atomic E-state index is 13.0. The van der Waals surface area contributed by atoms with Gasteiger partial charge in [-0.05, 0) is 37.8 Å². The van der Waals surface area contributed by atoms with Gasteiger partial charge in [-0.25, -0.2) is 8.42 Å². The number of unbranched alkanes of at least 4 members (excludes halogenated alkanes) is 3. The number of aromatic nitrogens is 1. The van der Waals surface area contributed by atoms with Crippen molar-refractivity contribution in [3.8, 4) is 0 Å². The number of nitrogens with zero attached hydrogens (tertiary/aromatic N) is 3. The van der Waals surface area contributed by atoms with E-state index in [1.807, 2.05) is 0 Å². The summed E-state index contributed by atoms with van der Waals surface area (Å²) < 4.78 is 32.6. The molecule has 0 atom stereocenters. The third-order valence-electron chi connectivity index (χ3n) is 6.87. The van der Waals surface area contributed by atoms with Crippen LogP contribution in [0.2, 0.25) is 0 Å². The monoisotopic (exact) mass is 535 g/mol. The van der Waals surface area contributed by atoms with E-state index in [4.69, 9.17) is 9.57 Å². The minimum atomic E-state index is -3.49. The van der Waals surface area contributed by atoms with Crippen molar-refractivity contribution >= 4 is 27.1 Å². The van der Waals surface area contributed by atoms with Gasteiger partial charge in [0.1, 0.15) is 11.4 Å². The first-order chi connectivity index (χ1) is 18.0. The molecular weight excluding hydrogens is 498 g/mol. The molecule has 0 radical (unpaired) electrons. The fourth-order valence-corrected chi connectivity index (χ4v) is 6.07. The van der Waals surface area contributed by atoms with Crippen LogP contribution >= 0.6 is 0 Å². The number of ether oxygens (including phenoxy) is 1. The Labute approximate surface area is 217 Å². The van der Waals surface area contributed by atoms with Gasteiger partial charge < -0.3 is 15.4 Å². The van der Waals surface area contributed by atoms with E-state index in [0.29, 0.717) is 50.7 Å². The minimum Gasteiger partial charge on any atom is -0.380 e. The summed E-state index contributed by atoms with van der Waals surface area (Å²) in [5.74, 6) is 0.0621. The number of hydrogen-bond acceptors (Lipinski definition) is 10. The summed E-state index contributed by atoms with van der Waals surface area (Å²) in [6, 6.07) is 3.39. The van der Waals surface area contributed by atoms with Crippen LogP contribution in [-0.4, -0.2) is 80.6 Å². The van der Waals surface area contributed by atoms with Crippen LogP contribution in [0, 0.1) is 0 Å². The molecular formula is C25H37N5O6S. The molecule has 11 nitrogen and oxygen atoms in total. The maximum Gasteiger partial charge on any atom is 0.253 e. The molecule has 1 saturated heterocycles. The lowest BCUT2D eigenvalue weighted by molar-refractivity contribution is -0.135. The Kier molecular flexibility index (Phi) is 10.0. The van der Waals surface area contributed by atoms with Gasteiger partial charge in [-0.15, -0.1) is 0 Å². The molecule has 2 N–H and O–H groups in total. The SMILES string of the molecule is O=c1c(NCCCCCCS(=O)(=O)N(OCCN2CCOCC2)C2CCC2)c(Nc2ccncc2)c1=O. The fourth-order valence-electron chi connectivity index (χ4n) is 4.42. The van der Waals surface area contributed by atoms with Crippen LogP contribution in [0.1, 0.15) is 44.9 Å². The van der Waals surface area contributed by atoms with Crippen molar-refractivity contribution in [2.24, 2.45) is 0 Å². The van der Waals surface area contributed by atoms with E-state index in [1.165, 1.54) is 4.47 Å². The van der Waals surface area contributed by atoms with Crippen LogP contribution in [0.15, 0.2) is 34.1 Å². The van der Waals surface area contributed by atoms with Crippen molar-refractivity contribution in [1.82, 2.24) is 14.4 Å². The second-order valence-electron chi connectivity index (χ2n) is 9.55. The number of hydrogen-bond donors (Lipinski definition) is 2. The summed E-state index contributed by atoms with van der Waals surface area (Å²) in [6.07, 6.45) is 8.79. The fraction of sp³-hybridized carbons (Fsp3) is 0.640. The summed E-state index contributed by atoms with van der Waals surface area (Å²) >= 11 is 0. The minimum absolute atomic E-state index is 0.0511. The van der Waals surface area contributed by atoms with Crippen LogP contribution in [0.25, 0.3) is 0 Å². The largest absolute Gasteiger partial charge is 0.380 e. The molecule has 1 aromatic heterocycles.